The Kier molecular flexibility index (Phi) is 3.53. The van der Waals surface area contributed by atoms with Gasteiger partial charge in [-0.3, -0.25) is 0 Å². The molecule has 0 saturated carbocycles. The third-order valence-corrected chi connectivity index (χ3v) is 7.32. The molecule has 0 aromatic carbocycles. The SMILES string of the molecule is CC1(C)c2cccc3[n+]2[C@]2(c4cc(F)c(C(F)(F)F)nc4-3)c3cc(C(F)(F)F)nn3-c3cccc1[n+]32. The molecule has 182 valence electrons. The predicted molar refractivity (Wildman–Crippen MR) is 107 cm³/mol. The van der Waals surface area contributed by atoms with Gasteiger partial charge in [0.1, 0.15) is 16.7 Å². The maximum Gasteiger partial charge on any atom is 0.437 e. The number of nitrogens with zero attached hydrogens (tertiary/aromatic N) is 5. The summed E-state index contributed by atoms with van der Waals surface area (Å²) in [5.41, 5.74) is -3.83. The van der Waals surface area contributed by atoms with Gasteiger partial charge in [-0.15, -0.1) is 4.57 Å². The number of fused-ring (bicyclic) bond motifs is 4. The van der Waals surface area contributed by atoms with Crippen LogP contribution in [0, 0.1) is 5.82 Å². The summed E-state index contributed by atoms with van der Waals surface area (Å²) in [7, 11) is 0. The number of hydrogen-bond acceptors (Lipinski definition) is 2. The predicted octanol–water partition coefficient (Wildman–Crippen LogP) is 4.25. The number of pyridine rings is 3. The van der Waals surface area contributed by atoms with Gasteiger partial charge in [-0.05, 0) is 32.0 Å². The van der Waals surface area contributed by atoms with Crippen LogP contribution < -0.4 is 9.13 Å². The Morgan fingerprint density at radius 2 is 1.53 bits per heavy atom. The first-order valence-electron chi connectivity index (χ1n) is 10.9. The quantitative estimate of drug-likeness (QED) is 0.229. The van der Waals surface area contributed by atoms with Crippen molar-refractivity contribution in [1.29, 1.82) is 0 Å². The largest absolute Gasteiger partial charge is 0.437 e. The lowest BCUT2D eigenvalue weighted by molar-refractivity contribution is -0.972. The van der Waals surface area contributed by atoms with E-state index in [4.69, 9.17) is 0 Å². The fourth-order valence-electron chi connectivity index (χ4n) is 5.95. The van der Waals surface area contributed by atoms with Crippen LogP contribution in [-0.4, -0.2) is 14.8 Å². The topological polar surface area (TPSA) is 38.5 Å². The van der Waals surface area contributed by atoms with E-state index in [2.05, 4.69) is 10.1 Å². The number of aromatic nitrogens is 5. The van der Waals surface area contributed by atoms with Crippen molar-refractivity contribution in [2.75, 3.05) is 0 Å². The van der Waals surface area contributed by atoms with Crippen LogP contribution in [0.3, 0.4) is 0 Å². The molecule has 0 bridgehead atoms. The van der Waals surface area contributed by atoms with Crippen molar-refractivity contribution in [2.45, 2.75) is 37.3 Å². The van der Waals surface area contributed by atoms with E-state index in [1.54, 1.807) is 39.5 Å². The van der Waals surface area contributed by atoms with E-state index in [-0.39, 0.29) is 28.5 Å². The van der Waals surface area contributed by atoms with Crippen molar-refractivity contribution in [3.63, 3.8) is 0 Å². The van der Waals surface area contributed by atoms with Crippen molar-refractivity contribution in [3.8, 4) is 17.2 Å². The molecule has 4 aromatic heterocycles. The zero-order valence-corrected chi connectivity index (χ0v) is 18.5. The molecule has 0 saturated heterocycles. The summed E-state index contributed by atoms with van der Waals surface area (Å²) in [5.74, 6) is -1.34. The third-order valence-electron chi connectivity index (χ3n) is 7.32. The van der Waals surface area contributed by atoms with Gasteiger partial charge in [-0.25, -0.2) is 9.37 Å². The molecule has 7 rings (SSSR count). The summed E-state index contributed by atoms with van der Waals surface area (Å²) in [6.45, 7) is 3.81. The molecule has 3 aliphatic heterocycles. The Morgan fingerprint density at radius 3 is 2.19 bits per heavy atom. The fraction of sp³-hybridized carbons (Fsp3) is 0.250. The monoisotopic (exact) mass is 505 g/mol. The van der Waals surface area contributed by atoms with Gasteiger partial charge in [0.15, 0.2) is 22.9 Å². The van der Waals surface area contributed by atoms with Crippen molar-refractivity contribution >= 4 is 0 Å². The van der Waals surface area contributed by atoms with E-state index in [1.165, 1.54) is 6.07 Å². The average molecular weight is 505 g/mol. The second-order valence-corrected chi connectivity index (χ2v) is 9.57. The van der Waals surface area contributed by atoms with Crippen LogP contribution in [0.5, 0.6) is 0 Å². The Bertz CT molecular complexity index is 1660. The average Bonchev–Trinajstić information content (AvgIpc) is 3.42. The highest BCUT2D eigenvalue weighted by atomic mass is 19.4. The van der Waals surface area contributed by atoms with Crippen molar-refractivity contribution in [1.82, 2.24) is 14.8 Å². The number of halogens is 7. The highest BCUT2D eigenvalue weighted by molar-refractivity contribution is 5.65. The van der Waals surface area contributed by atoms with Gasteiger partial charge >= 0.3 is 23.8 Å². The van der Waals surface area contributed by atoms with Crippen LogP contribution >= 0.6 is 0 Å². The molecule has 0 aliphatic carbocycles. The van der Waals surface area contributed by atoms with Crippen molar-refractivity contribution in [2.24, 2.45) is 0 Å². The number of rotatable bonds is 0. The Morgan fingerprint density at radius 1 is 0.861 bits per heavy atom. The van der Waals surface area contributed by atoms with Crippen LogP contribution in [0.4, 0.5) is 30.7 Å². The van der Waals surface area contributed by atoms with Gasteiger partial charge in [0, 0.05) is 24.3 Å². The van der Waals surface area contributed by atoms with Gasteiger partial charge < -0.3 is 0 Å². The van der Waals surface area contributed by atoms with Gasteiger partial charge in [0.2, 0.25) is 11.4 Å². The first kappa shape index (κ1) is 21.5. The van der Waals surface area contributed by atoms with E-state index in [1.807, 2.05) is 13.8 Å². The normalized spacial score (nSPS) is 20.1. The van der Waals surface area contributed by atoms with E-state index in [0.717, 1.165) is 16.8 Å². The van der Waals surface area contributed by atoms with Crippen molar-refractivity contribution < 1.29 is 39.9 Å². The van der Waals surface area contributed by atoms with Gasteiger partial charge in [-0.2, -0.15) is 30.9 Å². The molecule has 7 heterocycles. The molecule has 0 amide bonds. The maximum atomic E-state index is 15.0. The lowest BCUT2D eigenvalue weighted by Gasteiger charge is -2.33. The summed E-state index contributed by atoms with van der Waals surface area (Å²) in [6, 6.07) is 11.6. The molecule has 1 atom stereocenters. The summed E-state index contributed by atoms with van der Waals surface area (Å²) < 4.78 is 102. The summed E-state index contributed by atoms with van der Waals surface area (Å²) in [6.07, 6.45) is -9.84. The molecule has 4 aromatic rings. The highest BCUT2D eigenvalue weighted by Crippen LogP contribution is 2.50. The van der Waals surface area contributed by atoms with Crippen LogP contribution in [0.2, 0.25) is 0 Å². The molecule has 36 heavy (non-hydrogen) atoms. The minimum atomic E-state index is -5.06. The third kappa shape index (κ3) is 2.19. The van der Waals surface area contributed by atoms with Crippen LogP contribution in [-0.2, 0) is 23.4 Å². The zero-order valence-electron chi connectivity index (χ0n) is 18.5. The molecular formula is C24H14F7N5+2. The second-order valence-electron chi connectivity index (χ2n) is 9.57. The maximum absolute atomic E-state index is 15.0. The van der Waals surface area contributed by atoms with E-state index in [9.17, 15) is 26.3 Å². The molecule has 0 N–H and O–H groups in total. The standard InChI is InChI=1S/C24H14F7N5/c1-21(2)15-6-3-5-13-19-11(9-12(25)20(32-19)24(29,30)31)22(34(13)15)17-10-14(23(26,27)28)33-36(17)18-8-4-7-16(21)35(18)22/h3-10H,1-2H3/q+2/t22-/m0/s1. The summed E-state index contributed by atoms with van der Waals surface area (Å²) in [4.78, 5) is 3.71. The van der Waals surface area contributed by atoms with E-state index in [0.29, 0.717) is 11.4 Å². The molecule has 3 aliphatic rings. The molecule has 0 fully saturated rings. The van der Waals surface area contributed by atoms with E-state index >= 15 is 4.39 Å². The van der Waals surface area contributed by atoms with Gasteiger partial charge in [-0.1, -0.05) is 15.8 Å². The molecule has 5 nitrogen and oxygen atoms in total. The molecule has 0 unspecified atom stereocenters. The van der Waals surface area contributed by atoms with Crippen LogP contribution in [0.15, 0.2) is 48.5 Å². The molecule has 12 heteroatoms. The number of hydrogen-bond donors (Lipinski definition) is 0. The Balaban J connectivity index is 1.72. The van der Waals surface area contributed by atoms with Crippen LogP contribution in [0.25, 0.3) is 17.2 Å². The van der Waals surface area contributed by atoms with Gasteiger partial charge in [0.25, 0.3) is 5.69 Å². The van der Waals surface area contributed by atoms with E-state index < -0.39 is 40.6 Å². The lowest BCUT2D eigenvalue weighted by Crippen LogP contribution is -2.79. The summed E-state index contributed by atoms with van der Waals surface area (Å²) >= 11 is 0. The molecular weight excluding hydrogens is 491 g/mol. The number of alkyl halides is 6. The summed E-state index contributed by atoms with van der Waals surface area (Å²) in [5, 5.41) is 3.82. The van der Waals surface area contributed by atoms with Crippen LogP contribution in [0.1, 0.15) is 47.9 Å². The Hall–Kier alpha value is -3.83. The molecule has 0 radical (unpaired) electrons. The van der Waals surface area contributed by atoms with Crippen molar-refractivity contribution in [3.05, 3.63) is 88.4 Å². The zero-order chi connectivity index (χ0) is 25.6. The fourth-order valence-corrected chi connectivity index (χ4v) is 5.95. The first-order chi connectivity index (χ1) is 16.8. The minimum absolute atomic E-state index is 0.00187. The lowest BCUT2D eigenvalue weighted by atomic mass is 9.79. The second kappa shape index (κ2) is 5.93. The Labute approximate surface area is 198 Å². The highest BCUT2D eigenvalue weighted by Gasteiger charge is 2.74. The first-order valence-corrected chi connectivity index (χ1v) is 10.9. The minimum Gasteiger partial charge on any atom is -0.233 e. The molecule has 1 spiro atoms. The van der Waals surface area contributed by atoms with Gasteiger partial charge in [0.05, 0.1) is 0 Å². The smallest absolute Gasteiger partial charge is 0.233 e.